The predicted octanol–water partition coefficient (Wildman–Crippen LogP) is 3.40. The molecule has 4 aromatic rings. The number of hydrogen-bond acceptors (Lipinski definition) is 7. The summed E-state index contributed by atoms with van der Waals surface area (Å²) in [5, 5.41) is 12.5. The third-order valence-electron chi connectivity index (χ3n) is 4.91. The van der Waals surface area contributed by atoms with Crippen molar-refractivity contribution in [2.75, 3.05) is 4.72 Å². The topological polar surface area (TPSA) is 117 Å². The molecule has 0 saturated heterocycles. The fourth-order valence-electron chi connectivity index (χ4n) is 3.41. The number of rotatable bonds is 7. The van der Waals surface area contributed by atoms with Crippen molar-refractivity contribution in [3.05, 3.63) is 66.0 Å². The summed E-state index contributed by atoms with van der Waals surface area (Å²) in [7, 11) is -3.77. The second-order valence-electron chi connectivity index (χ2n) is 7.12. The van der Waals surface area contributed by atoms with Crippen molar-refractivity contribution in [3.8, 4) is 17.4 Å². The molecule has 0 bridgehead atoms. The molecule has 0 unspecified atom stereocenters. The Hall–Kier alpha value is -3.73. The average Bonchev–Trinajstić information content (AvgIpc) is 3.32. The minimum Gasteiger partial charge on any atom is -0.438 e. The van der Waals surface area contributed by atoms with E-state index in [1.807, 2.05) is 18.4 Å². The molecule has 166 valence electrons. The van der Waals surface area contributed by atoms with E-state index in [-0.39, 0.29) is 4.90 Å². The van der Waals surface area contributed by atoms with Gasteiger partial charge in [-0.2, -0.15) is 5.10 Å². The van der Waals surface area contributed by atoms with Gasteiger partial charge in [-0.05, 0) is 58.0 Å². The largest absolute Gasteiger partial charge is 0.438 e. The molecule has 10 nitrogen and oxygen atoms in total. The van der Waals surface area contributed by atoms with Gasteiger partial charge in [-0.3, -0.25) is 14.0 Å². The molecule has 0 aliphatic rings. The third-order valence-corrected chi connectivity index (χ3v) is 6.54. The van der Waals surface area contributed by atoms with Gasteiger partial charge in [0.15, 0.2) is 5.82 Å². The SMILES string of the molecule is CCn1nc(C)c(S(=O)(=O)Nc2ccc(Oc3ccc(-n4ccnc4C)nn3)cc2)c1C. The zero-order valence-electron chi connectivity index (χ0n) is 18.1. The van der Waals surface area contributed by atoms with Crippen LogP contribution in [0, 0.1) is 20.8 Å². The Morgan fingerprint density at radius 3 is 2.34 bits per heavy atom. The monoisotopic (exact) mass is 453 g/mol. The van der Waals surface area contributed by atoms with E-state index >= 15 is 0 Å². The number of ether oxygens (including phenoxy) is 1. The van der Waals surface area contributed by atoms with Crippen molar-refractivity contribution in [2.24, 2.45) is 0 Å². The normalized spacial score (nSPS) is 11.5. The molecule has 1 aromatic carbocycles. The van der Waals surface area contributed by atoms with E-state index in [9.17, 15) is 8.42 Å². The maximum Gasteiger partial charge on any atom is 0.265 e. The van der Waals surface area contributed by atoms with Gasteiger partial charge in [0.25, 0.3) is 10.0 Å². The van der Waals surface area contributed by atoms with Crippen molar-refractivity contribution in [1.29, 1.82) is 0 Å². The second-order valence-corrected chi connectivity index (χ2v) is 8.74. The molecule has 1 N–H and O–H groups in total. The first kappa shape index (κ1) is 21.5. The Morgan fingerprint density at radius 1 is 1.03 bits per heavy atom. The second kappa shape index (κ2) is 8.42. The van der Waals surface area contributed by atoms with E-state index in [1.54, 1.807) is 67.3 Å². The maximum absolute atomic E-state index is 12.9. The van der Waals surface area contributed by atoms with Crippen LogP contribution in [-0.2, 0) is 16.6 Å². The lowest BCUT2D eigenvalue weighted by atomic mass is 10.3. The molecule has 0 fully saturated rings. The van der Waals surface area contributed by atoms with E-state index in [2.05, 4.69) is 25.0 Å². The van der Waals surface area contributed by atoms with Crippen LogP contribution in [-0.4, -0.2) is 37.9 Å². The lowest BCUT2D eigenvalue weighted by molar-refractivity contribution is 0.454. The van der Waals surface area contributed by atoms with Crippen LogP contribution in [0.5, 0.6) is 11.6 Å². The molecule has 3 aromatic heterocycles. The third kappa shape index (κ3) is 4.19. The Bertz CT molecular complexity index is 1340. The first-order valence-electron chi connectivity index (χ1n) is 9.97. The zero-order valence-corrected chi connectivity index (χ0v) is 19.0. The van der Waals surface area contributed by atoms with Crippen LogP contribution < -0.4 is 9.46 Å². The van der Waals surface area contributed by atoms with Crippen molar-refractivity contribution in [1.82, 2.24) is 29.5 Å². The van der Waals surface area contributed by atoms with Crippen LogP contribution in [0.15, 0.2) is 53.7 Å². The summed E-state index contributed by atoms with van der Waals surface area (Å²) >= 11 is 0. The highest BCUT2D eigenvalue weighted by Gasteiger charge is 2.24. The summed E-state index contributed by atoms with van der Waals surface area (Å²) in [6.07, 6.45) is 3.49. The Morgan fingerprint density at radius 2 is 1.78 bits per heavy atom. The van der Waals surface area contributed by atoms with Gasteiger partial charge in [0.1, 0.15) is 16.5 Å². The Kier molecular flexibility index (Phi) is 5.66. The van der Waals surface area contributed by atoms with E-state index in [0.29, 0.717) is 41.1 Å². The summed E-state index contributed by atoms with van der Waals surface area (Å²) in [5.74, 6) is 2.26. The molecular weight excluding hydrogens is 430 g/mol. The van der Waals surface area contributed by atoms with Gasteiger partial charge >= 0.3 is 0 Å². The number of nitrogens with one attached hydrogen (secondary N) is 1. The number of anilines is 1. The molecule has 0 aliphatic heterocycles. The van der Waals surface area contributed by atoms with E-state index < -0.39 is 10.0 Å². The lowest BCUT2D eigenvalue weighted by Gasteiger charge is -2.10. The van der Waals surface area contributed by atoms with Crippen molar-refractivity contribution in [2.45, 2.75) is 39.1 Å². The predicted molar refractivity (Wildman–Crippen MR) is 119 cm³/mol. The smallest absolute Gasteiger partial charge is 0.265 e. The van der Waals surface area contributed by atoms with Gasteiger partial charge in [-0.1, -0.05) is 0 Å². The van der Waals surface area contributed by atoms with Crippen molar-refractivity contribution in [3.63, 3.8) is 0 Å². The first-order chi connectivity index (χ1) is 15.3. The van der Waals surface area contributed by atoms with E-state index in [4.69, 9.17) is 4.74 Å². The lowest BCUT2D eigenvalue weighted by Crippen LogP contribution is -2.15. The van der Waals surface area contributed by atoms with Crippen molar-refractivity contribution >= 4 is 15.7 Å². The van der Waals surface area contributed by atoms with Crippen LogP contribution in [0.4, 0.5) is 5.69 Å². The highest BCUT2D eigenvalue weighted by atomic mass is 32.2. The number of nitrogens with zero attached hydrogens (tertiary/aromatic N) is 6. The van der Waals surface area contributed by atoms with Gasteiger partial charge in [-0.25, -0.2) is 13.4 Å². The molecular formula is C21H23N7O3S. The first-order valence-corrected chi connectivity index (χ1v) is 11.5. The number of imidazole rings is 1. The summed E-state index contributed by atoms with van der Waals surface area (Å²) in [6.45, 7) is 7.82. The molecule has 0 saturated carbocycles. The highest BCUT2D eigenvalue weighted by molar-refractivity contribution is 7.92. The van der Waals surface area contributed by atoms with Gasteiger partial charge in [0.2, 0.25) is 5.88 Å². The fraction of sp³-hybridized carbons (Fsp3) is 0.238. The molecule has 32 heavy (non-hydrogen) atoms. The van der Waals surface area contributed by atoms with Crippen molar-refractivity contribution < 1.29 is 13.2 Å². The number of hydrogen-bond donors (Lipinski definition) is 1. The average molecular weight is 454 g/mol. The summed E-state index contributed by atoms with van der Waals surface area (Å²) in [5.41, 5.74) is 1.48. The van der Waals surface area contributed by atoms with E-state index in [0.717, 1.165) is 5.82 Å². The summed E-state index contributed by atoms with van der Waals surface area (Å²) in [4.78, 5) is 4.36. The number of sulfonamides is 1. The van der Waals surface area contributed by atoms with Crippen LogP contribution in [0.3, 0.4) is 0 Å². The molecule has 0 aliphatic carbocycles. The minimum absolute atomic E-state index is 0.197. The van der Waals surface area contributed by atoms with Crippen LogP contribution in [0.2, 0.25) is 0 Å². The van der Waals surface area contributed by atoms with Crippen LogP contribution in [0.25, 0.3) is 5.82 Å². The number of aryl methyl sites for hydroxylation is 3. The number of benzene rings is 1. The minimum atomic E-state index is -3.77. The molecule has 4 rings (SSSR count). The molecule has 11 heteroatoms. The highest BCUT2D eigenvalue weighted by Crippen LogP contribution is 2.25. The Labute approximate surface area is 186 Å². The maximum atomic E-state index is 12.9. The van der Waals surface area contributed by atoms with Gasteiger partial charge in [0.05, 0.1) is 11.4 Å². The van der Waals surface area contributed by atoms with E-state index in [1.165, 1.54) is 0 Å². The van der Waals surface area contributed by atoms with Gasteiger partial charge < -0.3 is 4.74 Å². The molecule has 0 atom stereocenters. The van der Waals surface area contributed by atoms with Gasteiger partial charge in [0, 0.05) is 30.7 Å². The zero-order chi connectivity index (χ0) is 22.9. The fourth-order valence-corrected chi connectivity index (χ4v) is 4.88. The van der Waals surface area contributed by atoms with Gasteiger partial charge in [-0.15, -0.1) is 10.2 Å². The summed E-state index contributed by atoms with van der Waals surface area (Å²) in [6, 6.07) is 10.0. The Balaban J connectivity index is 1.47. The molecule has 0 spiro atoms. The van der Waals surface area contributed by atoms with Crippen LogP contribution in [0.1, 0.15) is 24.1 Å². The van der Waals surface area contributed by atoms with Crippen LogP contribution >= 0.6 is 0 Å². The quantitative estimate of drug-likeness (QED) is 0.456. The molecule has 0 radical (unpaired) electrons. The summed E-state index contributed by atoms with van der Waals surface area (Å²) < 4.78 is 37.6. The number of aromatic nitrogens is 6. The molecule has 3 heterocycles. The molecule has 0 amide bonds. The standard InChI is InChI=1S/C21H23N7O3S/c1-5-28-15(3)21(14(2)25-28)32(29,30)26-17-6-8-18(9-7-17)31-20-11-10-19(23-24-20)27-13-12-22-16(27)4/h6-13,26H,5H2,1-4H3.